The molecule has 0 amide bonds. The van der Waals surface area contributed by atoms with Crippen molar-refractivity contribution in [3.63, 3.8) is 0 Å². The van der Waals surface area contributed by atoms with Gasteiger partial charge >= 0.3 is 5.97 Å². The van der Waals surface area contributed by atoms with Crippen molar-refractivity contribution < 1.29 is 18.7 Å². The predicted octanol–water partition coefficient (Wildman–Crippen LogP) is 1.68. The quantitative estimate of drug-likeness (QED) is 0.767. The first kappa shape index (κ1) is 13.1. The van der Waals surface area contributed by atoms with E-state index in [0.29, 0.717) is 30.5 Å². The summed E-state index contributed by atoms with van der Waals surface area (Å²) in [5.74, 6) is 0.301. The topological polar surface area (TPSA) is 51.9 Å². The molecule has 0 aromatic carbocycles. The summed E-state index contributed by atoms with van der Waals surface area (Å²) in [4.78, 5) is 13.8. The lowest BCUT2D eigenvalue weighted by Crippen LogP contribution is -2.46. The van der Waals surface area contributed by atoms with Crippen molar-refractivity contribution in [3.05, 3.63) is 23.7 Å². The number of rotatable bonds is 3. The third-order valence-corrected chi connectivity index (χ3v) is 3.23. The molecule has 0 aliphatic carbocycles. The number of methoxy groups -OCH3 is 1. The molecule has 1 aliphatic rings. The van der Waals surface area contributed by atoms with Crippen LogP contribution in [0, 0.1) is 0 Å². The van der Waals surface area contributed by atoms with Gasteiger partial charge in [0.1, 0.15) is 11.3 Å². The molecule has 1 aromatic heterocycles. The summed E-state index contributed by atoms with van der Waals surface area (Å²) in [6.45, 7) is 6.29. The van der Waals surface area contributed by atoms with Crippen LogP contribution in [0.2, 0.25) is 0 Å². The minimum atomic E-state index is -0.354. The van der Waals surface area contributed by atoms with Crippen molar-refractivity contribution in [3.8, 4) is 0 Å². The number of furan rings is 1. The molecular weight excluding hydrogens is 234 g/mol. The van der Waals surface area contributed by atoms with Crippen LogP contribution in [0.1, 0.15) is 30.0 Å². The number of hydrogen-bond donors (Lipinski definition) is 0. The van der Waals surface area contributed by atoms with Gasteiger partial charge in [-0.05, 0) is 19.9 Å². The van der Waals surface area contributed by atoms with E-state index in [1.807, 2.05) is 6.92 Å². The van der Waals surface area contributed by atoms with Gasteiger partial charge in [-0.2, -0.15) is 0 Å². The summed E-state index contributed by atoms with van der Waals surface area (Å²) in [7, 11) is 1.37. The summed E-state index contributed by atoms with van der Waals surface area (Å²) in [6, 6.07) is 1.96. The average Bonchev–Trinajstić information content (AvgIpc) is 2.81. The Labute approximate surface area is 107 Å². The monoisotopic (exact) mass is 253 g/mol. The lowest BCUT2D eigenvalue weighted by Gasteiger charge is -2.36. The van der Waals surface area contributed by atoms with Gasteiger partial charge in [-0.3, -0.25) is 4.90 Å². The van der Waals surface area contributed by atoms with E-state index < -0.39 is 0 Å². The van der Waals surface area contributed by atoms with E-state index in [9.17, 15) is 4.79 Å². The molecule has 2 heterocycles. The Morgan fingerprint density at radius 3 is 3.06 bits per heavy atom. The first-order chi connectivity index (χ1) is 8.61. The summed E-state index contributed by atoms with van der Waals surface area (Å²) in [5, 5.41) is 0. The van der Waals surface area contributed by atoms with Crippen LogP contribution in [0.3, 0.4) is 0 Å². The van der Waals surface area contributed by atoms with Crippen molar-refractivity contribution in [2.45, 2.75) is 32.5 Å². The molecule has 0 N–H and O–H groups in total. The van der Waals surface area contributed by atoms with Crippen LogP contribution in [0.4, 0.5) is 0 Å². The Balaban J connectivity index is 2.09. The zero-order valence-corrected chi connectivity index (χ0v) is 11.0. The second-order valence-electron chi connectivity index (χ2n) is 4.67. The fraction of sp³-hybridized carbons (Fsp3) is 0.615. The summed E-state index contributed by atoms with van der Waals surface area (Å²) in [5.41, 5.74) is 0.504. The molecule has 0 radical (unpaired) electrons. The Hall–Kier alpha value is -1.33. The van der Waals surface area contributed by atoms with Gasteiger partial charge in [0.2, 0.25) is 0 Å². The molecule has 0 unspecified atom stereocenters. The molecule has 0 spiro atoms. The largest absolute Gasteiger partial charge is 0.467 e. The number of carbonyl (C=O) groups excluding carboxylic acids is 1. The van der Waals surface area contributed by atoms with Crippen LogP contribution >= 0.6 is 0 Å². The van der Waals surface area contributed by atoms with Crippen molar-refractivity contribution >= 4 is 5.97 Å². The van der Waals surface area contributed by atoms with Gasteiger partial charge in [0.25, 0.3) is 0 Å². The van der Waals surface area contributed by atoms with Gasteiger partial charge in [0.15, 0.2) is 0 Å². The SMILES string of the molecule is COC(=O)c1ccoc1CN1C[C@@H](C)OC[C@@H]1C. The van der Waals surface area contributed by atoms with Crippen LogP contribution in [0.15, 0.2) is 16.7 Å². The van der Waals surface area contributed by atoms with Gasteiger partial charge in [-0.1, -0.05) is 0 Å². The lowest BCUT2D eigenvalue weighted by molar-refractivity contribution is -0.0546. The van der Waals surface area contributed by atoms with Crippen LogP contribution < -0.4 is 0 Å². The predicted molar refractivity (Wildman–Crippen MR) is 65.3 cm³/mol. The molecule has 5 nitrogen and oxygen atoms in total. The standard InChI is InChI=1S/C13H19NO4/c1-9-8-18-10(2)6-14(9)7-12-11(4-5-17-12)13(15)16-3/h4-5,9-10H,6-8H2,1-3H3/t9-,10+/m0/s1. The molecule has 1 saturated heterocycles. The Kier molecular flexibility index (Phi) is 4.04. The molecule has 5 heteroatoms. The fourth-order valence-corrected chi connectivity index (χ4v) is 2.13. The third kappa shape index (κ3) is 2.73. The molecule has 100 valence electrons. The molecule has 1 fully saturated rings. The van der Waals surface area contributed by atoms with Gasteiger partial charge in [-0.25, -0.2) is 4.79 Å². The van der Waals surface area contributed by atoms with Crippen molar-refractivity contribution in [2.75, 3.05) is 20.3 Å². The van der Waals surface area contributed by atoms with E-state index in [-0.39, 0.29) is 12.1 Å². The molecule has 2 atom stereocenters. The first-order valence-corrected chi connectivity index (χ1v) is 6.12. The second-order valence-corrected chi connectivity index (χ2v) is 4.67. The van der Waals surface area contributed by atoms with Crippen LogP contribution in [0.25, 0.3) is 0 Å². The van der Waals surface area contributed by atoms with Gasteiger partial charge in [0.05, 0.1) is 32.6 Å². The highest BCUT2D eigenvalue weighted by atomic mass is 16.5. The van der Waals surface area contributed by atoms with Gasteiger partial charge in [0, 0.05) is 12.6 Å². The van der Waals surface area contributed by atoms with Crippen LogP contribution in [-0.4, -0.2) is 43.3 Å². The Morgan fingerprint density at radius 1 is 1.56 bits per heavy atom. The highest BCUT2D eigenvalue weighted by Gasteiger charge is 2.26. The number of ether oxygens (including phenoxy) is 2. The van der Waals surface area contributed by atoms with E-state index in [2.05, 4.69) is 11.8 Å². The molecule has 2 rings (SSSR count). The molecule has 1 aromatic rings. The molecule has 0 saturated carbocycles. The van der Waals surface area contributed by atoms with E-state index in [4.69, 9.17) is 13.9 Å². The second kappa shape index (κ2) is 5.54. The van der Waals surface area contributed by atoms with Crippen LogP contribution in [-0.2, 0) is 16.0 Å². The van der Waals surface area contributed by atoms with Crippen molar-refractivity contribution in [1.29, 1.82) is 0 Å². The Bertz CT molecular complexity index is 415. The minimum Gasteiger partial charge on any atom is -0.467 e. The van der Waals surface area contributed by atoms with E-state index in [1.165, 1.54) is 13.4 Å². The summed E-state index contributed by atoms with van der Waals surface area (Å²) >= 11 is 0. The zero-order chi connectivity index (χ0) is 13.1. The van der Waals surface area contributed by atoms with E-state index in [0.717, 1.165) is 6.54 Å². The van der Waals surface area contributed by atoms with E-state index >= 15 is 0 Å². The van der Waals surface area contributed by atoms with Crippen molar-refractivity contribution in [1.82, 2.24) is 4.90 Å². The fourth-order valence-electron chi connectivity index (χ4n) is 2.13. The first-order valence-electron chi connectivity index (χ1n) is 6.12. The molecule has 1 aliphatic heterocycles. The van der Waals surface area contributed by atoms with Gasteiger partial charge < -0.3 is 13.9 Å². The van der Waals surface area contributed by atoms with E-state index in [1.54, 1.807) is 6.07 Å². The lowest BCUT2D eigenvalue weighted by atomic mass is 10.1. The highest BCUT2D eigenvalue weighted by molar-refractivity contribution is 5.90. The minimum absolute atomic E-state index is 0.206. The molecule has 0 bridgehead atoms. The summed E-state index contributed by atoms with van der Waals surface area (Å²) in [6.07, 6.45) is 1.73. The maximum atomic E-state index is 11.6. The third-order valence-electron chi connectivity index (χ3n) is 3.23. The number of nitrogens with zero attached hydrogens (tertiary/aromatic N) is 1. The maximum absolute atomic E-state index is 11.6. The summed E-state index contributed by atoms with van der Waals surface area (Å²) < 4.78 is 15.7. The van der Waals surface area contributed by atoms with Crippen LogP contribution in [0.5, 0.6) is 0 Å². The van der Waals surface area contributed by atoms with Gasteiger partial charge in [-0.15, -0.1) is 0 Å². The smallest absolute Gasteiger partial charge is 0.341 e. The normalized spacial score (nSPS) is 25.1. The average molecular weight is 253 g/mol. The molecular formula is C13H19NO4. The van der Waals surface area contributed by atoms with Crippen molar-refractivity contribution in [2.24, 2.45) is 0 Å². The highest BCUT2D eigenvalue weighted by Crippen LogP contribution is 2.19. The molecule has 18 heavy (non-hydrogen) atoms. The number of hydrogen-bond acceptors (Lipinski definition) is 5. The number of esters is 1. The zero-order valence-electron chi connectivity index (χ0n) is 11.0. The number of morpholine rings is 1. The number of carbonyl (C=O) groups is 1. The maximum Gasteiger partial charge on any atom is 0.341 e. The Morgan fingerprint density at radius 2 is 2.33 bits per heavy atom.